The van der Waals surface area contributed by atoms with Crippen LogP contribution < -0.4 is 0 Å². The third-order valence-electron chi connectivity index (χ3n) is 11.8. The Hall–Kier alpha value is -8.86. The third-order valence-corrected chi connectivity index (χ3v) is 11.8. The van der Waals surface area contributed by atoms with Gasteiger partial charge >= 0.3 is 0 Å². The first kappa shape index (κ1) is 35.1. The standard InChI is InChI=1S/C52H30N8O2/c53-25-41(31-9-15-37(16-10-31)59-29-57-45-27-55-43-19-13-35(21-39(43)51(45)59)49-23-33-5-1-3-7-47(33)61-49)42(26-54)32-11-17-38(18-12-32)60-30-58-46-28-56-44-20-14-36(22-40(44)52(46)60)50-24-34-6-2-4-8-48(34)62-50/h1-24,27-30,41-42H. The van der Waals surface area contributed by atoms with Gasteiger partial charge in [0.25, 0.3) is 0 Å². The molecule has 6 heterocycles. The second-order valence-electron chi connectivity index (χ2n) is 15.4. The summed E-state index contributed by atoms with van der Waals surface area (Å²) in [6, 6.07) is 52.7. The Morgan fingerprint density at radius 3 is 1.31 bits per heavy atom. The van der Waals surface area contributed by atoms with E-state index in [2.05, 4.69) is 56.3 Å². The largest absolute Gasteiger partial charge is 0.456 e. The molecule has 12 rings (SSSR count). The summed E-state index contributed by atoms with van der Waals surface area (Å²) >= 11 is 0. The van der Waals surface area contributed by atoms with Gasteiger partial charge in [0.05, 0.1) is 58.4 Å². The lowest BCUT2D eigenvalue weighted by atomic mass is 9.83. The molecule has 0 N–H and O–H groups in total. The number of hydrogen-bond acceptors (Lipinski definition) is 8. The van der Waals surface area contributed by atoms with Crippen LogP contribution in [0, 0.1) is 22.7 Å². The van der Waals surface area contributed by atoms with Gasteiger partial charge in [-0.1, -0.05) is 60.7 Å². The van der Waals surface area contributed by atoms with Gasteiger partial charge in [-0.05, 0) is 96.1 Å². The number of nitriles is 2. The van der Waals surface area contributed by atoms with Crippen LogP contribution in [-0.2, 0) is 0 Å². The fraction of sp³-hybridized carbons (Fsp3) is 0.0385. The molecule has 0 aliphatic heterocycles. The summed E-state index contributed by atoms with van der Waals surface area (Å²) < 4.78 is 16.5. The predicted molar refractivity (Wildman–Crippen MR) is 240 cm³/mol. The van der Waals surface area contributed by atoms with Crippen LogP contribution in [0.1, 0.15) is 23.0 Å². The van der Waals surface area contributed by atoms with Crippen LogP contribution in [0.5, 0.6) is 0 Å². The maximum absolute atomic E-state index is 10.5. The van der Waals surface area contributed by atoms with Gasteiger partial charge in [-0.15, -0.1) is 0 Å². The maximum atomic E-state index is 10.5. The van der Waals surface area contributed by atoms with Gasteiger partial charge in [0.1, 0.15) is 46.4 Å². The number of nitrogens with zero attached hydrogens (tertiary/aromatic N) is 8. The van der Waals surface area contributed by atoms with Crippen molar-refractivity contribution in [3.63, 3.8) is 0 Å². The molecule has 62 heavy (non-hydrogen) atoms. The van der Waals surface area contributed by atoms with Crippen molar-refractivity contribution in [1.29, 1.82) is 10.5 Å². The Balaban J connectivity index is 0.849. The fourth-order valence-corrected chi connectivity index (χ4v) is 8.70. The maximum Gasteiger partial charge on any atom is 0.135 e. The summed E-state index contributed by atoms with van der Waals surface area (Å²) in [5, 5.41) is 25.0. The van der Waals surface area contributed by atoms with Crippen LogP contribution in [-0.4, -0.2) is 29.1 Å². The molecule has 0 aliphatic carbocycles. The zero-order valence-electron chi connectivity index (χ0n) is 32.7. The smallest absolute Gasteiger partial charge is 0.135 e. The number of aromatic nitrogens is 6. The van der Waals surface area contributed by atoms with Gasteiger partial charge in [-0.3, -0.25) is 19.1 Å². The average molecular weight is 799 g/mol. The Morgan fingerprint density at radius 2 is 0.887 bits per heavy atom. The van der Waals surface area contributed by atoms with Crippen LogP contribution in [0.15, 0.2) is 179 Å². The van der Waals surface area contributed by atoms with E-state index in [0.29, 0.717) is 0 Å². The van der Waals surface area contributed by atoms with Crippen molar-refractivity contribution in [3.8, 4) is 46.2 Å². The lowest BCUT2D eigenvalue weighted by Gasteiger charge is -2.18. The summed E-state index contributed by atoms with van der Waals surface area (Å²) in [6.45, 7) is 0. The molecular weight excluding hydrogens is 769 g/mol. The molecule has 10 heteroatoms. The lowest BCUT2D eigenvalue weighted by molar-refractivity contribution is 0.631. The molecule has 0 saturated heterocycles. The van der Waals surface area contributed by atoms with Crippen molar-refractivity contribution in [1.82, 2.24) is 29.1 Å². The number of furan rings is 2. The summed E-state index contributed by atoms with van der Waals surface area (Å²) in [4.78, 5) is 18.7. The molecule has 0 aliphatic rings. The predicted octanol–water partition coefficient (Wildman–Crippen LogP) is 12.2. The Kier molecular flexibility index (Phi) is 7.86. The van der Waals surface area contributed by atoms with Gasteiger partial charge in [-0.25, -0.2) is 9.97 Å². The highest BCUT2D eigenvalue weighted by Gasteiger charge is 2.26. The van der Waals surface area contributed by atoms with Crippen molar-refractivity contribution in [3.05, 3.63) is 182 Å². The van der Waals surface area contributed by atoms with Gasteiger partial charge in [0.2, 0.25) is 0 Å². The first-order valence-corrected chi connectivity index (χ1v) is 20.1. The molecule has 0 radical (unpaired) electrons. The minimum Gasteiger partial charge on any atom is -0.456 e. The minimum atomic E-state index is -0.711. The highest BCUT2D eigenvalue weighted by atomic mass is 16.3. The Labute approximate surface area is 352 Å². The van der Waals surface area contributed by atoms with Crippen LogP contribution in [0.25, 0.3) is 99.8 Å². The summed E-state index contributed by atoms with van der Waals surface area (Å²) in [7, 11) is 0. The van der Waals surface area contributed by atoms with E-state index >= 15 is 0 Å². The van der Waals surface area contributed by atoms with Crippen molar-refractivity contribution in [2.45, 2.75) is 11.8 Å². The van der Waals surface area contributed by atoms with E-state index in [1.54, 1.807) is 25.0 Å². The van der Waals surface area contributed by atoms with Crippen LogP contribution in [0.2, 0.25) is 0 Å². The molecule has 0 saturated carbocycles. The molecule has 0 fully saturated rings. The highest BCUT2D eigenvalue weighted by Crippen LogP contribution is 2.37. The number of para-hydroxylation sites is 2. The van der Waals surface area contributed by atoms with Crippen LogP contribution in [0.4, 0.5) is 0 Å². The molecule has 6 aromatic carbocycles. The van der Waals surface area contributed by atoms with Crippen molar-refractivity contribution in [2.75, 3.05) is 0 Å². The van der Waals surface area contributed by atoms with E-state index in [1.165, 1.54) is 0 Å². The molecule has 12 aromatic rings. The Bertz CT molecular complexity index is 3490. The second kappa shape index (κ2) is 13.9. The first-order valence-electron chi connectivity index (χ1n) is 20.1. The number of rotatable bonds is 7. The first-order chi connectivity index (χ1) is 30.6. The van der Waals surface area contributed by atoms with Crippen molar-refractivity contribution in [2.24, 2.45) is 0 Å². The van der Waals surface area contributed by atoms with Crippen molar-refractivity contribution >= 4 is 65.8 Å². The fourth-order valence-electron chi connectivity index (χ4n) is 8.70. The van der Waals surface area contributed by atoms with Crippen LogP contribution >= 0.6 is 0 Å². The number of fused-ring (bicyclic) bond motifs is 8. The van der Waals surface area contributed by atoms with Gasteiger partial charge in [0.15, 0.2) is 0 Å². The molecule has 290 valence electrons. The van der Waals surface area contributed by atoms with Gasteiger partial charge in [-0.2, -0.15) is 10.5 Å². The normalized spacial score (nSPS) is 12.7. The molecule has 2 atom stereocenters. The summed E-state index contributed by atoms with van der Waals surface area (Å²) in [5.41, 5.74) is 11.8. The highest BCUT2D eigenvalue weighted by molar-refractivity contribution is 6.05. The van der Waals surface area contributed by atoms with E-state index in [1.807, 2.05) is 130 Å². The second-order valence-corrected chi connectivity index (χ2v) is 15.4. The SMILES string of the molecule is N#CC(c1ccc(-n2cnc3cnc4ccc(-c5cc6ccccc6o5)cc4c32)cc1)C(C#N)c1ccc(-n2cnc3cnc4ccc(-c5cc6ccccc6o5)cc4c32)cc1. The van der Waals surface area contributed by atoms with Gasteiger partial charge < -0.3 is 8.83 Å². The number of pyridine rings is 2. The molecule has 2 unspecified atom stereocenters. The number of imidazole rings is 2. The zero-order chi connectivity index (χ0) is 41.3. The monoisotopic (exact) mass is 798 g/mol. The summed E-state index contributed by atoms with van der Waals surface area (Å²) in [6.07, 6.45) is 7.15. The topological polar surface area (TPSA) is 135 Å². The van der Waals surface area contributed by atoms with E-state index in [4.69, 9.17) is 8.83 Å². The quantitative estimate of drug-likeness (QED) is 0.155. The van der Waals surface area contributed by atoms with E-state index in [-0.39, 0.29) is 0 Å². The molecule has 6 aromatic heterocycles. The van der Waals surface area contributed by atoms with Gasteiger partial charge in [0, 0.05) is 44.0 Å². The minimum absolute atomic E-state index is 0.711. The van der Waals surface area contributed by atoms with Crippen molar-refractivity contribution < 1.29 is 8.83 Å². The Morgan fingerprint density at radius 1 is 0.452 bits per heavy atom. The summed E-state index contributed by atoms with van der Waals surface area (Å²) in [5.74, 6) is 0.133. The van der Waals surface area contributed by atoms with E-state index < -0.39 is 11.8 Å². The molecule has 0 bridgehead atoms. The average Bonchev–Trinajstić information content (AvgIpc) is 4.15. The number of benzene rings is 6. The molecule has 0 amide bonds. The molecule has 10 nitrogen and oxygen atoms in total. The molecule has 0 spiro atoms. The third kappa shape index (κ3) is 5.63. The van der Waals surface area contributed by atoms with Crippen LogP contribution in [0.3, 0.4) is 0 Å². The molecular formula is C52H30N8O2. The lowest BCUT2D eigenvalue weighted by Crippen LogP contribution is -2.09. The van der Waals surface area contributed by atoms with E-state index in [0.717, 1.165) is 111 Å². The number of hydrogen-bond donors (Lipinski definition) is 0. The zero-order valence-corrected chi connectivity index (χ0v) is 32.7. The van der Waals surface area contributed by atoms with E-state index in [9.17, 15) is 10.5 Å².